The van der Waals surface area contributed by atoms with Crippen LogP contribution in [0.15, 0.2) is 58.8 Å². The van der Waals surface area contributed by atoms with Gasteiger partial charge < -0.3 is 5.32 Å². The van der Waals surface area contributed by atoms with Gasteiger partial charge in [-0.15, -0.1) is 22.0 Å². The van der Waals surface area contributed by atoms with Crippen molar-refractivity contribution in [2.45, 2.75) is 30.8 Å². The molecule has 0 aliphatic heterocycles. The van der Waals surface area contributed by atoms with E-state index in [4.69, 9.17) is 0 Å². The van der Waals surface area contributed by atoms with Gasteiger partial charge in [-0.2, -0.15) is 0 Å². The summed E-state index contributed by atoms with van der Waals surface area (Å²) in [6.45, 7) is 6.88. The monoisotopic (exact) mass is 412 g/mol. The molecule has 0 saturated carbocycles. The highest BCUT2D eigenvalue weighted by Gasteiger charge is 2.10. The van der Waals surface area contributed by atoms with E-state index in [1.54, 1.807) is 18.1 Å². The van der Waals surface area contributed by atoms with Crippen molar-refractivity contribution in [1.82, 2.24) is 20.1 Å². The molecule has 5 nitrogen and oxygen atoms in total. The molecule has 0 bridgehead atoms. The maximum atomic E-state index is 12.1. The molecule has 3 rings (SSSR count). The van der Waals surface area contributed by atoms with Gasteiger partial charge in [-0.3, -0.25) is 9.36 Å². The van der Waals surface area contributed by atoms with Gasteiger partial charge in [0.1, 0.15) is 6.33 Å². The third-order valence-corrected chi connectivity index (χ3v) is 6.29. The summed E-state index contributed by atoms with van der Waals surface area (Å²) in [5, 5.41) is 11.8. The number of hydrogen-bond donors (Lipinski definition) is 1. The molecule has 0 aliphatic carbocycles. The highest BCUT2D eigenvalue weighted by atomic mass is 32.2. The van der Waals surface area contributed by atoms with Gasteiger partial charge in [0.05, 0.1) is 5.75 Å². The van der Waals surface area contributed by atoms with Crippen LogP contribution in [0, 0.1) is 20.8 Å². The number of rotatable bonds is 8. The topological polar surface area (TPSA) is 59.8 Å². The van der Waals surface area contributed by atoms with E-state index in [9.17, 15) is 4.79 Å². The molecule has 1 aromatic heterocycles. The number of aryl methyl sites for hydroxylation is 3. The fourth-order valence-corrected chi connectivity index (χ4v) is 4.08. The number of hydrogen-bond acceptors (Lipinski definition) is 5. The first-order valence-electron chi connectivity index (χ1n) is 9.09. The maximum Gasteiger partial charge on any atom is 0.230 e. The number of thioether (sulfide) groups is 2. The zero-order valence-corrected chi connectivity index (χ0v) is 17.9. The van der Waals surface area contributed by atoms with Gasteiger partial charge in [-0.1, -0.05) is 35.5 Å². The van der Waals surface area contributed by atoms with Crippen molar-refractivity contribution >= 4 is 29.4 Å². The van der Waals surface area contributed by atoms with Crippen molar-refractivity contribution < 1.29 is 4.79 Å². The van der Waals surface area contributed by atoms with Crippen molar-refractivity contribution in [3.63, 3.8) is 0 Å². The maximum absolute atomic E-state index is 12.1. The largest absolute Gasteiger partial charge is 0.355 e. The fraction of sp³-hybridized carbons (Fsp3) is 0.286. The van der Waals surface area contributed by atoms with Crippen molar-refractivity contribution in [2.75, 3.05) is 18.1 Å². The third kappa shape index (κ3) is 5.62. The zero-order chi connectivity index (χ0) is 19.9. The normalized spacial score (nSPS) is 10.8. The Balaban J connectivity index is 1.45. The van der Waals surface area contributed by atoms with Crippen LogP contribution in [-0.2, 0) is 4.79 Å². The van der Waals surface area contributed by atoms with E-state index in [2.05, 4.69) is 72.7 Å². The third-order valence-electron chi connectivity index (χ3n) is 4.33. The molecule has 0 aliphatic rings. The lowest BCUT2D eigenvalue weighted by atomic mass is 10.1. The van der Waals surface area contributed by atoms with Crippen molar-refractivity contribution in [3.8, 4) is 5.69 Å². The quantitative estimate of drug-likeness (QED) is 0.444. The molecule has 2 aromatic carbocycles. The Morgan fingerprint density at radius 3 is 2.57 bits per heavy atom. The Hall–Kier alpha value is -2.25. The lowest BCUT2D eigenvalue weighted by Gasteiger charge is -2.09. The molecule has 28 heavy (non-hydrogen) atoms. The summed E-state index contributed by atoms with van der Waals surface area (Å²) in [6.07, 6.45) is 1.68. The van der Waals surface area contributed by atoms with Crippen LogP contribution < -0.4 is 5.32 Å². The lowest BCUT2D eigenvalue weighted by molar-refractivity contribution is -0.118. The predicted octanol–water partition coefficient (Wildman–Crippen LogP) is 4.19. The number of nitrogens with one attached hydrogen (secondary N) is 1. The van der Waals surface area contributed by atoms with E-state index in [1.165, 1.54) is 33.3 Å². The second kappa shape index (κ2) is 9.80. The van der Waals surface area contributed by atoms with Gasteiger partial charge in [0.25, 0.3) is 0 Å². The molecule has 3 aromatic rings. The number of benzene rings is 2. The minimum Gasteiger partial charge on any atom is -0.355 e. The van der Waals surface area contributed by atoms with Gasteiger partial charge in [0.15, 0.2) is 5.16 Å². The molecule has 0 unspecified atom stereocenters. The van der Waals surface area contributed by atoms with Crippen LogP contribution in [0.5, 0.6) is 0 Å². The first-order valence-corrected chi connectivity index (χ1v) is 11.1. The van der Waals surface area contributed by atoms with Gasteiger partial charge in [-0.25, -0.2) is 0 Å². The summed E-state index contributed by atoms with van der Waals surface area (Å²) in [4.78, 5) is 13.4. The van der Waals surface area contributed by atoms with Gasteiger partial charge in [0.2, 0.25) is 5.91 Å². The van der Waals surface area contributed by atoms with Crippen LogP contribution in [0.4, 0.5) is 0 Å². The van der Waals surface area contributed by atoms with E-state index in [0.717, 1.165) is 11.4 Å². The van der Waals surface area contributed by atoms with Crippen LogP contribution >= 0.6 is 23.5 Å². The number of carbonyl (C=O) groups is 1. The standard InChI is InChI=1S/C21H24N4OS2/c1-15-4-8-19(9-5-15)27-11-10-22-20(26)13-28-21-24-23-14-25(21)18-7-6-16(2)17(3)12-18/h4-9,12,14H,10-11,13H2,1-3H3,(H,22,26). The fourth-order valence-electron chi connectivity index (χ4n) is 2.55. The van der Waals surface area contributed by atoms with E-state index >= 15 is 0 Å². The Labute approximate surface area is 174 Å². The number of nitrogens with zero attached hydrogens (tertiary/aromatic N) is 3. The van der Waals surface area contributed by atoms with Crippen LogP contribution in [0.1, 0.15) is 16.7 Å². The Morgan fingerprint density at radius 1 is 1.04 bits per heavy atom. The predicted molar refractivity (Wildman–Crippen MR) is 116 cm³/mol. The zero-order valence-electron chi connectivity index (χ0n) is 16.3. The minimum atomic E-state index is 0.00384. The number of aromatic nitrogens is 3. The van der Waals surface area contributed by atoms with E-state index in [1.807, 2.05) is 10.6 Å². The molecule has 7 heteroatoms. The average molecular weight is 413 g/mol. The number of carbonyl (C=O) groups excluding carboxylic acids is 1. The summed E-state index contributed by atoms with van der Waals surface area (Å²) >= 11 is 3.13. The highest BCUT2D eigenvalue weighted by molar-refractivity contribution is 7.99. The van der Waals surface area contributed by atoms with Gasteiger partial charge in [-0.05, 0) is 56.2 Å². The summed E-state index contributed by atoms with van der Waals surface area (Å²) in [7, 11) is 0. The van der Waals surface area contributed by atoms with Crippen LogP contribution in [0.2, 0.25) is 0 Å². The Bertz CT molecular complexity index is 938. The number of amides is 1. The molecule has 1 N–H and O–H groups in total. The molecule has 0 radical (unpaired) electrons. The van der Waals surface area contributed by atoms with Crippen molar-refractivity contribution in [3.05, 3.63) is 65.5 Å². The van der Waals surface area contributed by atoms with Crippen LogP contribution in [0.3, 0.4) is 0 Å². The van der Waals surface area contributed by atoms with Crippen LogP contribution in [0.25, 0.3) is 5.69 Å². The molecule has 0 spiro atoms. The van der Waals surface area contributed by atoms with Crippen LogP contribution in [-0.4, -0.2) is 38.7 Å². The van der Waals surface area contributed by atoms with Gasteiger partial charge >= 0.3 is 0 Å². The molecule has 0 saturated heterocycles. The summed E-state index contributed by atoms with van der Waals surface area (Å²) in [5.74, 6) is 1.17. The smallest absolute Gasteiger partial charge is 0.230 e. The Morgan fingerprint density at radius 2 is 1.82 bits per heavy atom. The molecular formula is C21H24N4OS2. The molecule has 0 atom stereocenters. The molecule has 0 fully saturated rings. The van der Waals surface area contributed by atoms with E-state index in [0.29, 0.717) is 17.5 Å². The van der Waals surface area contributed by atoms with Crippen molar-refractivity contribution in [1.29, 1.82) is 0 Å². The van der Waals surface area contributed by atoms with Crippen molar-refractivity contribution in [2.24, 2.45) is 0 Å². The Kier molecular flexibility index (Phi) is 7.17. The summed E-state index contributed by atoms with van der Waals surface area (Å²) in [6, 6.07) is 14.6. The minimum absolute atomic E-state index is 0.00384. The molecular weight excluding hydrogens is 388 g/mol. The molecule has 146 valence electrons. The summed E-state index contributed by atoms with van der Waals surface area (Å²) < 4.78 is 1.91. The SMILES string of the molecule is Cc1ccc(SCCNC(=O)CSc2nncn2-c2ccc(C)c(C)c2)cc1. The van der Waals surface area contributed by atoms with E-state index < -0.39 is 0 Å². The summed E-state index contributed by atoms with van der Waals surface area (Å²) in [5.41, 5.74) is 4.72. The first-order chi connectivity index (χ1) is 13.5. The second-order valence-electron chi connectivity index (χ2n) is 6.55. The lowest BCUT2D eigenvalue weighted by Crippen LogP contribution is -2.27. The second-order valence-corrected chi connectivity index (χ2v) is 8.66. The molecule has 1 heterocycles. The first kappa shape index (κ1) is 20.5. The highest BCUT2D eigenvalue weighted by Crippen LogP contribution is 2.21. The van der Waals surface area contributed by atoms with Gasteiger partial charge in [0, 0.05) is 22.9 Å². The average Bonchev–Trinajstić information content (AvgIpc) is 3.16. The van der Waals surface area contributed by atoms with E-state index in [-0.39, 0.29) is 5.91 Å². The molecule has 1 amide bonds.